The fourth-order valence-electron chi connectivity index (χ4n) is 2.63. The molecule has 1 aromatic carbocycles. The van der Waals surface area contributed by atoms with Crippen molar-refractivity contribution in [2.75, 3.05) is 5.32 Å². The Hall–Kier alpha value is -1.77. The average molecular weight is 272 g/mol. The third-order valence-corrected chi connectivity index (χ3v) is 3.82. The lowest BCUT2D eigenvalue weighted by Gasteiger charge is -2.16. The van der Waals surface area contributed by atoms with Gasteiger partial charge in [0.2, 0.25) is 0 Å². The van der Waals surface area contributed by atoms with Crippen LogP contribution < -0.4 is 10.6 Å². The van der Waals surface area contributed by atoms with Crippen molar-refractivity contribution in [2.45, 2.75) is 52.4 Å². The van der Waals surface area contributed by atoms with E-state index in [0.717, 1.165) is 24.1 Å². The van der Waals surface area contributed by atoms with Crippen molar-refractivity contribution in [1.82, 2.24) is 5.32 Å². The van der Waals surface area contributed by atoms with E-state index in [-0.39, 0.29) is 6.03 Å². The van der Waals surface area contributed by atoms with E-state index in [1.54, 1.807) is 0 Å². The molecule has 3 heteroatoms. The van der Waals surface area contributed by atoms with Crippen LogP contribution in [0.4, 0.5) is 10.5 Å². The topological polar surface area (TPSA) is 41.1 Å². The highest BCUT2D eigenvalue weighted by Crippen LogP contribution is 2.27. The molecule has 0 saturated heterocycles. The van der Waals surface area contributed by atoms with E-state index < -0.39 is 0 Å². The summed E-state index contributed by atoms with van der Waals surface area (Å²) in [7, 11) is 0. The minimum absolute atomic E-state index is 0.152. The number of amides is 2. The van der Waals surface area contributed by atoms with Crippen LogP contribution in [0.2, 0.25) is 0 Å². The monoisotopic (exact) mass is 272 g/mol. The Morgan fingerprint density at radius 2 is 1.95 bits per heavy atom. The molecule has 1 aliphatic carbocycles. The number of allylic oxidation sites excluding steroid dienone is 1. The average Bonchev–Trinajstić information content (AvgIpc) is 2.91. The maximum Gasteiger partial charge on any atom is 0.323 e. The zero-order chi connectivity index (χ0) is 14.5. The van der Waals surface area contributed by atoms with E-state index in [1.165, 1.54) is 24.0 Å². The highest BCUT2D eigenvalue weighted by molar-refractivity contribution is 5.91. The molecule has 0 bridgehead atoms. The number of aryl methyl sites for hydroxylation is 1. The normalized spacial score (nSPS) is 14.5. The predicted octanol–water partition coefficient (Wildman–Crippen LogP) is 4.70. The maximum atomic E-state index is 12.0. The molecule has 0 atom stereocenters. The molecular formula is C17H24N2O. The second-order valence-electron chi connectivity index (χ2n) is 5.80. The zero-order valence-corrected chi connectivity index (χ0v) is 12.6. The Balaban J connectivity index is 2.05. The molecule has 1 aromatic rings. The van der Waals surface area contributed by atoms with Crippen LogP contribution in [0.1, 0.15) is 56.6 Å². The minimum atomic E-state index is -0.152. The molecule has 1 saturated carbocycles. The number of benzene rings is 1. The highest BCUT2D eigenvalue weighted by Gasteiger charge is 2.12. The van der Waals surface area contributed by atoms with Gasteiger partial charge in [-0.15, -0.1) is 0 Å². The quantitative estimate of drug-likeness (QED) is 0.823. The second-order valence-corrected chi connectivity index (χ2v) is 5.80. The number of hydrogen-bond donors (Lipinski definition) is 2. The Labute approximate surface area is 121 Å². The zero-order valence-electron chi connectivity index (χ0n) is 12.6. The van der Waals surface area contributed by atoms with Crippen LogP contribution in [0.3, 0.4) is 0 Å². The molecule has 2 amide bonds. The summed E-state index contributed by atoms with van der Waals surface area (Å²) in [5.74, 6) is 0.387. The molecule has 2 rings (SSSR count). The molecule has 0 unspecified atom stereocenters. The molecule has 108 valence electrons. The molecule has 0 aromatic heterocycles. The van der Waals surface area contributed by atoms with Crippen molar-refractivity contribution in [2.24, 2.45) is 0 Å². The van der Waals surface area contributed by atoms with Crippen molar-refractivity contribution in [1.29, 1.82) is 0 Å². The van der Waals surface area contributed by atoms with Gasteiger partial charge >= 0.3 is 6.03 Å². The van der Waals surface area contributed by atoms with E-state index in [2.05, 4.69) is 30.5 Å². The van der Waals surface area contributed by atoms with Gasteiger partial charge in [-0.25, -0.2) is 4.79 Å². The van der Waals surface area contributed by atoms with Gasteiger partial charge in [0.25, 0.3) is 0 Å². The Kier molecular flexibility index (Phi) is 4.83. The van der Waals surface area contributed by atoms with Crippen LogP contribution in [0.15, 0.2) is 30.0 Å². The van der Waals surface area contributed by atoms with Crippen molar-refractivity contribution in [3.8, 4) is 0 Å². The summed E-state index contributed by atoms with van der Waals surface area (Å²) in [6.45, 7) is 6.30. The standard InChI is InChI=1S/C17H24N2O/c1-12(2)15-10-6-7-13(3)16(15)19-17(20)18-11-14-8-4-5-9-14/h6-7,10-12H,4-5,8-9H2,1-3H3,(H2,18,19,20). The first kappa shape index (κ1) is 14.6. The number of rotatable bonds is 3. The van der Waals surface area contributed by atoms with Crippen LogP contribution in [-0.4, -0.2) is 6.03 Å². The van der Waals surface area contributed by atoms with Gasteiger partial charge in [-0.05, 0) is 49.7 Å². The summed E-state index contributed by atoms with van der Waals surface area (Å²) < 4.78 is 0. The third kappa shape index (κ3) is 3.62. The summed E-state index contributed by atoms with van der Waals surface area (Å²) in [4.78, 5) is 12.0. The van der Waals surface area contributed by atoms with Gasteiger partial charge in [-0.2, -0.15) is 0 Å². The molecule has 0 heterocycles. The van der Waals surface area contributed by atoms with Crippen LogP contribution in [0.5, 0.6) is 0 Å². The van der Waals surface area contributed by atoms with Crippen LogP contribution in [0.25, 0.3) is 0 Å². The van der Waals surface area contributed by atoms with Gasteiger partial charge in [0.15, 0.2) is 0 Å². The van der Waals surface area contributed by atoms with Crippen molar-refractivity contribution in [3.63, 3.8) is 0 Å². The summed E-state index contributed by atoms with van der Waals surface area (Å²) in [6.07, 6.45) is 6.58. The first-order valence-electron chi connectivity index (χ1n) is 7.43. The molecule has 0 radical (unpaired) electrons. The predicted molar refractivity (Wildman–Crippen MR) is 84.0 cm³/mol. The first-order valence-corrected chi connectivity index (χ1v) is 7.43. The summed E-state index contributed by atoms with van der Waals surface area (Å²) >= 11 is 0. The van der Waals surface area contributed by atoms with E-state index >= 15 is 0 Å². The molecule has 0 aliphatic heterocycles. The Morgan fingerprint density at radius 1 is 1.25 bits per heavy atom. The molecular weight excluding hydrogens is 248 g/mol. The van der Waals surface area contributed by atoms with Crippen LogP contribution in [0, 0.1) is 6.92 Å². The fourth-order valence-corrected chi connectivity index (χ4v) is 2.63. The first-order chi connectivity index (χ1) is 9.58. The molecule has 20 heavy (non-hydrogen) atoms. The van der Waals surface area contributed by atoms with Crippen LogP contribution >= 0.6 is 0 Å². The van der Waals surface area contributed by atoms with E-state index in [4.69, 9.17) is 0 Å². The number of para-hydroxylation sites is 1. The van der Waals surface area contributed by atoms with Gasteiger partial charge in [0.05, 0.1) is 0 Å². The SMILES string of the molecule is Cc1cccc(C(C)C)c1NC(=O)NC=C1CCCC1. The summed E-state index contributed by atoms with van der Waals surface area (Å²) in [5.41, 5.74) is 4.55. The number of urea groups is 1. The molecule has 1 fully saturated rings. The van der Waals surface area contributed by atoms with Gasteiger partial charge in [-0.1, -0.05) is 37.6 Å². The Morgan fingerprint density at radius 3 is 2.60 bits per heavy atom. The molecule has 0 spiro atoms. The van der Waals surface area contributed by atoms with E-state index in [0.29, 0.717) is 5.92 Å². The molecule has 1 aliphatic rings. The third-order valence-electron chi connectivity index (χ3n) is 3.82. The minimum Gasteiger partial charge on any atom is -0.314 e. The lowest BCUT2D eigenvalue weighted by atomic mass is 9.98. The van der Waals surface area contributed by atoms with Crippen molar-refractivity contribution in [3.05, 3.63) is 41.1 Å². The highest BCUT2D eigenvalue weighted by atomic mass is 16.2. The lowest BCUT2D eigenvalue weighted by Crippen LogP contribution is -2.25. The molecule has 3 nitrogen and oxygen atoms in total. The number of anilines is 1. The van der Waals surface area contributed by atoms with E-state index in [9.17, 15) is 4.79 Å². The summed E-state index contributed by atoms with van der Waals surface area (Å²) in [6, 6.07) is 5.98. The maximum absolute atomic E-state index is 12.0. The largest absolute Gasteiger partial charge is 0.323 e. The lowest BCUT2D eigenvalue weighted by molar-refractivity contribution is 0.255. The van der Waals surface area contributed by atoms with Crippen LogP contribution in [-0.2, 0) is 0 Å². The van der Waals surface area contributed by atoms with Gasteiger partial charge < -0.3 is 10.6 Å². The van der Waals surface area contributed by atoms with Gasteiger partial charge in [0.1, 0.15) is 0 Å². The summed E-state index contributed by atoms with van der Waals surface area (Å²) in [5, 5.41) is 5.84. The van der Waals surface area contributed by atoms with Crippen molar-refractivity contribution < 1.29 is 4.79 Å². The number of nitrogens with one attached hydrogen (secondary N) is 2. The smallest absolute Gasteiger partial charge is 0.314 e. The Bertz CT molecular complexity index is 510. The number of carbonyl (C=O) groups excluding carboxylic acids is 1. The second kappa shape index (κ2) is 6.60. The molecule has 2 N–H and O–H groups in total. The number of carbonyl (C=O) groups is 1. The number of hydrogen-bond acceptors (Lipinski definition) is 1. The fraction of sp³-hybridized carbons (Fsp3) is 0.471. The van der Waals surface area contributed by atoms with Gasteiger partial charge in [0, 0.05) is 11.9 Å². The van der Waals surface area contributed by atoms with Crippen molar-refractivity contribution >= 4 is 11.7 Å². The van der Waals surface area contributed by atoms with Gasteiger partial charge in [-0.3, -0.25) is 0 Å². The van der Waals surface area contributed by atoms with E-state index in [1.807, 2.05) is 25.3 Å².